The van der Waals surface area contributed by atoms with Crippen LogP contribution in [0.3, 0.4) is 0 Å². The molecule has 5 rings (SSSR count). The fourth-order valence-electron chi connectivity index (χ4n) is 5.38. The first-order valence-electron chi connectivity index (χ1n) is 12.6. The summed E-state index contributed by atoms with van der Waals surface area (Å²) < 4.78 is 1.82. The average Bonchev–Trinajstić information content (AvgIpc) is 3.50. The molecule has 4 aromatic rings. The van der Waals surface area contributed by atoms with Crippen molar-refractivity contribution in [3.8, 4) is 22.5 Å². The number of hydrogen-bond acceptors (Lipinski definition) is 5. The molecule has 3 heterocycles. The molecule has 3 aromatic heterocycles. The summed E-state index contributed by atoms with van der Waals surface area (Å²) in [5.74, 6) is 0.465. The number of aromatic amines is 1. The first-order valence-corrected chi connectivity index (χ1v) is 12.6. The van der Waals surface area contributed by atoms with E-state index in [2.05, 4.69) is 60.2 Å². The summed E-state index contributed by atoms with van der Waals surface area (Å²) in [6, 6.07) is 9.10. The van der Waals surface area contributed by atoms with Crippen LogP contribution in [0, 0.1) is 6.92 Å². The number of benzene rings is 1. The largest absolute Gasteiger partial charge is 0.341 e. The molecule has 1 amide bonds. The minimum atomic E-state index is 0.176. The molecule has 1 N–H and O–H groups in total. The molecule has 188 valence electrons. The van der Waals surface area contributed by atoms with Crippen LogP contribution in [0.1, 0.15) is 48.4 Å². The highest BCUT2D eigenvalue weighted by Crippen LogP contribution is 2.37. The summed E-state index contributed by atoms with van der Waals surface area (Å²) in [6.07, 6.45) is 6.43. The molecule has 1 atom stereocenters. The maximum Gasteiger partial charge on any atom is 0.236 e. The number of aromatic nitrogens is 5. The summed E-state index contributed by atoms with van der Waals surface area (Å²) in [5, 5.41) is 12.5. The Labute approximate surface area is 212 Å². The van der Waals surface area contributed by atoms with E-state index in [1.54, 1.807) is 6.33 Å². The Bertz CT molecular complexity index is 1410. The Morgan fingerprint density at radius 3 is 2.72 bits per heavy atom. The number of hydrogen-bond donors (Lipinski definition) is 1. The van der Waals surface area contributed by atoms with Gasteiger partial charge in [-0.1, -0.05) is 26.0 Å². The average molecular weight is 486 g/mol. The van der Waals surface area contributed by atoms with E-state index in [0.717, 1.165) is 53.0 Å². The van der Waals surface area contributed by atoms with E-state index in [4.69, 9.17) is 5.10 Å². The van der Waals surface area contributed by atoms with Crippen LogP contribution in [0.5, 0.6) is 0 Å². The van der Waals surface area contributed by atoms with Crippen LogP contribution < -0.4 is 0 Å². The number of H-pyrrole nitrogens is 1. The Hall–Kier alpha value is -3.52. The van der Waals surface area contributed by atoms with E-state index in [1.807, 2.05) is 41.7 Å². The monoisotopic (exact) mass is 485 g/mol. The molecule has 1 aliphatic rings. The summed E-state index contributed by atoms with van der Waals surface area (Å²) in [4.78, 5) is 20.8. The van der Waals surface area contributed by atoms with Gasteiger partial charge in [-0.15, -0.1) is 0 Å². The fraction of sp³-hybridized carbons (Fsp3) is 0.429. The minimum Gasteiger partial charge on any atom is -0.341 e. The van der Waals surface area contributed by atoms with Gasteiger partial charge in [0.15, 0.2) is 5.65 Å². The lowest BCUT2D eigenvalue weighted by Gasteiger charge is -2.33. The van der Waals surface area contributed by atoms with Crippen LogP contribution in [0.2, 0.25) is 0 Å². The molecule has 8 heteroatoms. The van der Waals surface area contributed by atoms with Gasteiger partial charge in [-0.05, 0) is 75.0 Å². The van der Waals surface area contributed by atoms with Crippen molar-refractivity contribution in [3.63, 3.8) is 0 Å². The third kappa shape index (κ3) is 4.41. The zero-order valence-electron chi connectivity index (χ0n) is 22.0. The number of pyridine rings is 1. The van der Waals surface area contributed by atoms with Gasteiger partial charge in [0.25, 0.3) is 0 Å². The molecule has 0 saturated carbocycles. The topological polar surface area (TPSA) is 82.4 Å². The third-order valence-electron chi connectivity index (χ3n) is 7.30. The Kier molecular flexibility index (Phi) is 6.38. The van der Waals surface area contributed by atoms with E-state index < -0.39 is 0 Å². The number of fused-ring (bicyclic) bond motifs is 2. The summed E-state index contributed by atoms with van der Waals surface area (Å²) >= 11 is 0. The quantitative estimate of drug-likeness (QED) is 0.445. The highest BCUT2D eigenvalue weighted by atomic mass is 16.2. The summed E-state index contributed by atoms with van der Waals surface area (Å²) in [6.45, 7) is 6.92. The lowest BCUT2D eigenvalue weighted by atomic mass is 9.85. The first kappa shape index (κ1) is 24.2. The molecule has 0 spiro atoms. The van der Waals surface area contributed by atoms with Gasteiger partial charge in [-0.3, -0.25) is 9.89 Å². The van der Waals surface area contributed by atoms with Crippen molar-refractivity contribution in [2.24, 2.45) is 0 Å². The van der Waals surface area contributed by atoms with Crippen molar-refractivity contribution in [2.75, 3.05) is 27.7 Å². The Balaban J connectivity index is 1.45. The molecule has 8 nitrogen and oxygen atoms in total. The van der Waals surface area contributed by atoms with E-state index in [9.17, 15) is 4.79 Å². The maximum absolute atomic E-state index is 12.6. The maximum atomic E-state index is 12.6. The van der Waals surface area contributed by atoms with Crippen LogP contribution in [0.4, 0.5) is 0 Å². The van der Waals surface area contributed by atoms with Gasteiger partial charge in [0.1, 0.15) is 6.33 Å². The zero-order chi connectivity index (χ0) is 25.6. The fourth-order valence-corrected chi connectivity index (χ4v) is 5.38. The van der Waals surface area contributed by atoms with E-state index >= 15 is 0 Å². The first-order chi connectivity index (χ1) is 17.2. The van der Waals surface area contributed by atoms with Crippen molar-refractivity contribution >= 4 is 11.6 Å². The molecule has 0 bridgehead atoms. The second-order valence-corrected chi connectivity index (χ2v) is 10.6. The molecule has 1 aromatic carbocycles. The third-order valence-corrected chi connectivity index (χ3v) is 7.30. The molecule has 36 heavy (non-hydrogen) atoms. The second-order valence-electron chi connectivity index (χ2n) is 10.6. The van der Waals surface area contributed by atoms with Gasteiger partial charge >= 0.3 is 0 Å². The van der Waals surface area contributed by atoms with E-state index in [-0.39, 0.29) is 17.9 Å². The normalized spacial score (nSPS) is 15.6. The Morgan fingerprint density at radius 2 is 1.97 bits per heavy atom. The van der Waals surface area contributed by atoms with Gasteiger partial charge in [0.2, 0.25) is 5.91 Å². The van der Waals surface area contributed by atoms with Crippen LogP contribution in [-0.4, -0.2) is 74.2 Å². The predicted molar refractivity (Wildman–Crippen MR) is 142 cm³/mol. The van der Waals surface area contributed by atoms with Crippen LogP contribution in [0.15, 0.2) is 36.8 Å². The summed E-state index contributed by atoms with van der Waals surface area (Å²) in [5.41, 5.74) is 10.0. The van der Waals surface area contributed by atoms with Gasteiger partial charge < -0.3 is 9.80 Å². The standard InChI is InChI=1S/C28H35N7O/c1-17(2)25-26(31-32-27(25)22-11-18(3)28-29-16-30-35(28)14-22)21-8-7-20-13-23(10-9-19(20)12-21)34(6)24(36)15-33(4)5/h7-8,11-12,14,16-17,23H,9-10,13,15H2,1-6H3,(H,31,32). The number of nitrogens with one attached hydrogen (secondary N) is 1. The van der Waals surface area contributed by atoms with Crippen molar-refractivity contribution in [1.29, 1.82) is 0 Å². The van der Waals surface area contributed by atoms with Crippen LogP contribution in [0.25, 0.3) is 28.2 Å². The van der Waals surface area contributed by atoms with Crippen molar-refractivity contribution in [2.45, 2.75) is 52.0 Å². The molecule has 0 fully saturated rings. The van der Waals surface area contributed by atoms with Gasteiger partial charge in [0.05, 0.1) is 17.9 Å². The zero-order valence-corrected chi connectivity index (χ0v) is 22.0. The van der Waals surface area contributed by atoms with Gasteiger partial charge in [0, 0.05) is 36.0 Å². The molecule has 0 radical (unpaired) electrons. The lowest BCUT2D eigenvalue weighted by molar-refractivity contribution is -0.132. The highest BCUT2D eigenvalue weighted by Gasteiger charge is 2.26. The number of nitrogens with zero attached hydrogens (tertiary/aromatic N) is 6. The SMILES string of the molecule is Cc1cc(-c2[nH]nc(-c3ccc4c(c3)CCC(N(C)C(=O)CN(C)C)C4)c2C(C)C)cn2ncnc12. The number of carbonyl (C=O) groups excluding carboxylic acids is 1. The van der Waals surface area contributed by atoms with Crippen molar-refractivity contribution in [1.82, 2.24) is 34.6 Å². The lowest BCUT2D eigenvalue weighted by Crippen LogP contribution is -2.44. The predicted octanol–water partition coefficient (Wildman–Crippen LogP) is 4.10. The minimum absolute atomic E-state index is 0.176. The number of carbonyl (C=O) groups is 1. The van der Waals surface area contributed by atoms with Gasteiger partial charge in [-0.2, -0.15) is 10.2 Å². The van der Waals surface area contributed by atoms with Crippen LogP contribution in [-0.2, 0) is 17.6 Å². The molecule has 0 aliphatic heterocycles. The smallest absolute Gasteiger partial charge is 0.236 e. The van der Waals surface area contributed by atoms with Crippen molar-refractivity contribution in [3.05, 3.63) is 59.0 Å². The molecular weight excluding hydrogens is 450 g/mol. The molecule has 1 aliphatic carbocycles. The number of likely N-dealkylation sites (N-methyl/N-ethyl adjacent to an activating group) is 2. The molecular formula is C28H35N7O. The molecule has 1 unspecified atom stereocenters. The molecule has 0 saturated heterocycles. The number of aryl methyl sites for hydroxylation is 2. The van der Waals surface area contributed by atoms with Crippen molar-refractivity contribution < 1.29 is 4.79 Å². The second kappa shape index (κ2) is 9.50. The van der Waals surface area contributed by atoms with E-state index in [1.165, 1.54) is 16.7 Å². The summed E-state index contributed by atoms with van der Waals surface area (Å²) in [7, 11) is 5.81. The van der Waals surface area contributed by atoms with Gasteiger partial charge in [-0.25, -0.2) is 9.50 Å². The number of rotatable bonds is 6. The van der Waals surface area contributed by atoms with E-state index in [0.29, 0.717) is 6.54 Å². The highest BCUT2D eigenvalue weighted by molar-refractivity contribution is 5.78. The number of amides is 1. The Morgan fingerprint density at radius 1 is 1.17 bits per heavy atom. The van der Waals surface area contributed by atoms with Crippen LogP contribution >= 0.6 is 0 Å².